The summed E-state index contributed by atoms with van der Waals surface area (Å²) in [5.41, 5.74) is 2.55. The lowest BCUT2D eigenvalue weighted by Gasteiger charge is -2.31. The van der Waals surface area contributed by atoms with Gasteiger partial charge in [-0.3, -0.25) is 14.9 Å². The van der Waals surface area contributed by atoms with Crippen molar-refractivity contribution in [1.29, 1.82) is 0 Å². The number of piperidine rings is 1. The van der Waals surface area contributed by atoms with Crippen LogP contribution in [-0.4, -0.2) is 65.7 Å². The van der Waals surface area contributed by atoms with Crippen LogP contribution in [0.2, 0.25) is 0 Å². The van der Waals surface area contributed by atoms with Crippen LogP contribution in [0.1, 0.15) is 44.6 Å². The second-order valence-electron chi connectivity index (χ2n) is 8.96. The SMILES string of the molecule is COc1ccc(C(=O)N2CCC(c3nc(C(=O)Nc4nc5ccccc5n4C)cs3)CC2)c(OC)c1OC. The number of para-hydroxylation sites is 2. The van der Waals surface area contributed by atoms with E-state index in [9.17, 15) is 9.59 Å². The Kier molecular flexibility index (Phi) is 7.19. The van der Waals surface area contributed by atoms with Crippen molar-refractivity contribution in [3.63, 3.8) is 0 Å². The molecule has 4 aromatic rings. The van der Waals surface area contributed by atoms with Crippen molar-refractivity contribution in [3.8, 4) is 17.2 Å². The molecule has 1 saturated heterocycles. The predicted molar refractivity (Wildman–Crippen MR) is 145 cm³/mol. The van der Waals surface area contributed by atoms with E-state index in [2.05, 4.69) is 15.3 Å². The molecule has 0 bridgehead atoms. The number of thiazole rings is 1. The highest BCUT2D eigenvalue weighted by atomic mass is 32.1. The van der Waals surface area contributed by atoms with Crippen LogP contribution in [-0.2, 0) is 7.05 Å². The van der Waals surface area contributed by atoms with Crippen molar-refractivity contribution in [1.82, 2.24) is 19.4 Å². The molecule has 198 valence electrons. The van der Waals surface area contributed by atoms with Gasteiger partial charge in [0.15, 0.2) is 11.5 Å². The molecule has 2 aromatic heterocycles. The molecule has 38 heavy (non-hydrogen) atoms. The third-order valence-corrected chi connectivity index (χ3v) is 7.84. The first-order chi connectivity index (χ1) is 18.4. The summed E-state index contributed by atoms with van der Waals surface area (Å²) in [6.45, 7) is 1.14. The van der Waals surface area contributed by atoms with Crippen LogP contribution >= 0.6 is 11.3 Å². The van der Waals surface area contributed by atoms with E-state index in [4.69, 9.17) is 14.2 Å². The smallest absolute Gasteiger partial charge is 0.277 e. The van der Waals surface area contributed by atoms with E-state index >= 15 is 0 Å². The number of carbonyl (C=O) groups excluding carboxylic acids is 2. The standard InChI is InChI=1S/C27H29N5O5S/c1-31-20-8-6-5-7-18(20)29-27(31)30-24(33)19-15-38-25(28-19)16-11-13-32(14-12-16)26(34)17-9-10-21(35-2)23(37-4)22(17)36-3/h5-10,15-16H,11-14H2,1-4H3,(H,29,30,33). The molecule has 0 atom stereocenters. The minimum atomic E-state index is -0.293. The Bertz CT molecular complexity index is 1490. The molecule has 0 unspecified atom stereocenters. The number of fused-ring (bicyclic) bond motifs is 1. The molecular weight excluding hydrogens is 506 g/mol. The van der Waals surface area contributed by atoms with Crippen LogP contribution in [0.4, 0.5) is 5.95 Å². The molecule has 1 aliphatic rings. The number of likely N-dealkylation sites (tertiary alicyclic amines) is 1. The first-order valence-corrected chi connectivity index (χ1v) is 13.1. The van der Waals surface area contributed by atoms with Crippen LogP contribution in [0.25, 0.3) is 11.0 Å². The highest BCUT2D eigenvalue weighted by molar-refractivity contribution is 7.10. The molecule has 10 nitrogen and oxygen atoms in total. The lowest BCUT2D eigenvalue weighted by Crippen LogP contribution is -2.38. The summed E-state index contributed by atoms with van der Waals surface area (Å²) in [7, 11) is 6.43. The lowest BCUT2D eigenvalue weighted by molar-refractivity contribution is 0.0708. The van der Waals surface area contributed by atoms with Crippen molar-refractivity contribution in [2.45, 2.75) is 18.8 Å². The van der Waals surface area contributed by atoms with Gasteiger partial charge in [0, 0.05) is 31.4 Å². The van der Waals surface area contributed by atoms with E-state index in [1.807, 2.05) is 40.8 Å². The monoisotopic (exact) mass is 535 g/mol. The average molecular weight is 536 g/mol. The first kappa shape index (κ1) is 25.5. The third kappa shape index (κ3) is 4.65. The first-order valence-electron chi connectivity index (χ1n) is 12.2. The van der Waals surface area contributed by atoms with Gasteiger partial charge in [-0.15, -0.1) is 11.3 Å². The number of methoxy groups -OCH3 is 3. The summed E-state index contributed by atoms with van der Waals surface area (Å²) >= 11 is 1.47. The van der Waals surface area contributed by atoms with E-state index in [1.165, 1.54) is 32.7 Å². The number of aromatic nitrogens is 3. The molecule has 2 aromatic carbocycles. The lowest BCUT2D eigenvalue weighted by atomic mass is 9.97. The van der Waals surface area contributed by atoms with Gasteiger partial charge in [0.1, 0.15) is 5.69 Å². The van der Waals surface area contributed by atoms with Crippen molar-refractivity contribution in [2.75, 3.05) is 39.7 Å². The Labute approximate surface area is 224 Å². The van der Waals surface area contributed by atoms with Gasteiger partial charge in [-0.25, -0.2) is 9.97 Å². The molecule has 11 heteroatoms. The zero-order chi connectivity index (χ0) is 26.8. The fourth-order valence-corrected chi connectivity index (χ4v) is 5.74. The Hall–Kier alpha value is -4.12. The normalized spacial score (nSPS) is 13.9. The molecule has 1 aliphatic heterocycles. The second-order valence-corrected chi connectivity index (χ2v) is 9.85. The molecule has 3 heterocycles. The summed E-state index contributed by atoms with van der Waals surface area (Å²) < 4.78 is 18.1. The molecule has 1 N–H and O–H groups in total. The van der Waals surface area contributed by atoms with E-state index in [0.717, 1.165) is 28.9 Å². The van der Waals surface area contributed by atoms with Gasteiger partial charge in [0.25, 0.3) is 11.8 Å². The number of carbonyl (C=O) groups is 2. The van der Waals surface area contributed by atoms with Crippen LogP contribution < -0.4 is 19.5 Å². The van der Waals surface area contributed by atoms with Gasteiger partial charge in [-0.05, 0) is 37.1 Å². The van der Waals surface area contributed by atoms with Gasteiger partial charge in [-0.1, -0.05) is 12.1 Å². The van der Waals surface area contributed by atoms with Crippen LogP contribution in [0.5, 0.6) is 17.2 Å². The van der Waals surface area contributed by atoms with Crippen molar-refractivity contribution in [3.05, 3.63) is 58.0 Å². The predicted octanol–water partition coefficient (Wildman–Crippen LogP) is 4.33. The van der Waals surface area contributed by atoms with Crippen molar-refractivity contribution < 1.29 is 23.8 Å². The maximum absolute atomic E-state index is 13.3. The zero-order valence-corrected chi connectivity index (χ0v) is 22.5. The molecule has 0 saturated carbocycles. The van der Waals surface area contributed by atoms with Crippen LogP contribution in [0, 0.1) is 0 Å². The number of imidazole rings is 1. The fraction of sp³-hybridized carbons (Fsp3) is 0.333. The molecule has 5 rings (SSSR count). The molecule has 0 aliphatic carbocycles. The molecule has 2 amide bonds. The number of nitrogens with one attached hydrogen (secondary N) is 1. The summed E-state index contributed by atoms with van der Waals surface area (Å²) in [5, 5.41) is 5.55. The summed E-state index contributed by atoms with van der Waals surface area (Å²) in [4.78, 5) is 37.2. The van der Waals surface area contributed by atoms with Gasteiger partial charge in [0.05, 0.1) is 42.9 Å². The minimum absolute atomic E-state index is 0.122. The summed E-state index contributed by atoms with van der Waals surface area (Å²) in [5.74, 6) is 1.48. The van der Waals surface area contributed by atoms with E-state index < -0.39 is 0 Å². The summed E-state index contributed by atoms with van der Waals surface area (Å²) in [6.07, 6.45) is 1.50. The highest BCUT2D eigenvalue weighted by Gasteiger charge is 2.30. The average Bonchev–Trinajstić information content (AvgIpc) is 3.57. The van der Waals surface area contributed by atoms with Crippen LogP contribution in [0.3, 0.4) is 0 Å². The van der Waals surface area contributed by atoms with E-state index in [-0.39, 0.29) is 17.7 Å². The van der Waals surface area contributed by atoms with Gasteiger partial charge in [-0.2, -0.15) is 0 Å². The number of benzene rings is 2. The van der Waals surface area contributed by atoms with Crippen LogP contribution in [0.15, 0.2) is 41.8 Å². The topological polar surface area (TPSA) is 108 Å². The van der Waals surface area contributed by atoms with Crippen molar-refractivity contribution >= 4 is 40.1 Å². The highest BCUT2D eigenvalue weighted by Crippen LogP contribution is 2.41. The number of anilines is 1. The van der Waals surface area contributed by atoms with Gasteiger partial charge >= 0.3 is 0 Å². The number of ether oxygens (including phenoxy) is 3. The van der Waals surface area contributed by atoms with Crippen molar-refractivity contribution in [2.24, 2.45) is 7.05 Å². The molecular formula is C27H29N5O5S. The van der Waals surface area contributed by atoms with E-state index in [1.54, 1.807) is 17.5 Å². The zero-order valence-electron chi connectivity index (χ0n) is 21.7. The number of hydrogen-bond donors (Lipinski definition) is 1. The fourth-order valence-electron chi connectivity index (χ4n) is 4.77. The maximum atomic E-state index is 13.3. The third-order valence-electron chi connectivity index (χ3n) is 6.83. The number of aryl methyl sites for hydroxylation is 1. The quantitative estimate of drug-likeness (QED) is 0.375. The largest absolute Gasteiger partial charge is 0.493 e. The van der Waals surface area contributed by atoms with E-state index in [0.29, 0.717) is 47.5 Å². The Morgan fingerprint density at radius 3 is 2.39 bits per heavy atom. The van der Waals surface area contributed by atoms with Gasteiger partial charge in [0.2, 0.25) is 11.7 Å². The Morgan fingerprint density at radius 1 is 0.974 bits per heavy atom. The number of amides is 2. The molecule has 0 radical (unpaired) electrons. The molecule has 1 fully saturated rings. The minimum Gasteiger partial charge on any atom is -0.493 e. The Balaban J connectivity index is 1.24. The Morgan fingerprint density at radius 2 is 1.71 bits per heavy atom. The summed E-state index contributed by atoms with van der Waals surface area (Å²) in [6, 6.07) is 11.1. The number of rotatable bonds is 7. The maximum Gasteiger partial charge on any atom is 0.277 e. The number of nitrogens with zero attached hydrogens (tertiary/aromatic N) is 4. The molecule has 0 spiro atoms. The van der Waals surface area contributed by atoms with Gasteiger partial charge < -0.3 is 23.7 Å². The second kappa shape index (κ2) is 10.7. The number of hydrogen-bond acceptors (Lipinski definition) is 8.